The highest BCUT2D eigenvalue weighted by atomic mass is 35.5. The first-order valence-electron chi connectivity index (χ1n) is 9.63. The van der Waals surface area contributed by atoms with Gasteiger partial charge in [-0.15, -0.1) is 0 Å². The summed E-state index contributed by atoms with van der Waals surface area (Å²) in [7, 11) is 0. The maximum atomic E-state index is 12.7. The number of carbonyl (C=O) groups excluding carboxylic acids is 2. The molecule has 168 valence electrons. The van der Waals surface area contributed by atoms with Crippen molar-refractivity contribution in [1.82, 2.24) is 30.3 Å². The summed E-state index contributed by atoms with van der Waals surface area (Å²) < 4.78 is 1.16. The van der Waals surface area contributed by atoms with Gasteiger partial charge in [0.05, 0.1) is 30.5 Å². The Morgan fingerprint density at radius 3 is 2.66 bits per heavy atom. The van der Waals surface area contributed by atoms with Gasteiger partial charge in [0.25, 0.3) is 5.56 Å². The molecule has 0 spiro atoms. The summed E-state index contributed by atoms with van der Waals surface area (Å²) in [5, 5.41) is 14.0. The summed E-state index contributed by atoms with van der Waals surface area (Å²) in [6.45, 7) is 5.19. The largest absolute Gasteiger partial charge is 0.349 e. The topological polar surface area (TPSA) is 152 Å². The Bertz CT molecular complexity index is 1180. The van der Waals surface area contributed by atoms with E-state index in [9.17, 15) is 14.4 Å². The summed E-state index contributed by atoms with van der Waals surface area (Å²) in [5.74, 6) is 5.37. The van der Waals surface area contributed by atoms with E-state index in [1.165, 1.54) is 24.7 Å². The Labute approximate surface area is 188 Å². The van der Waals surface area contributed by atoms with Crippen LogP contribution in [0.2, 0.25) is 5.02 Å². The quantitative estimate of drug-likeness (QED) is 0.285. The lowest BCUT2D eigenvalue weighted by Gasteiger charge is -2.27. The Morgan fingerprint density at radius 2 is 2.03 bits per heavy atom. The van der Waals surface area contributed by atoms with Crippen LogP contribution in [0.25, 0.3) is 11.3 Å². The molecule has 0 atom stereocenters. The molecule has 0 aliphatic carbocycles. The smallest absolute Gasteiger partial charge is 0.254 e. The van der Waals surface area contributed by atoms with Gasteiger partial charge in [0.2, 0.25) is 11.8 Å². The molecule has 3 aromatic rings. The molecule has 11 nitrogen and oxygen atoms in total. The van der Waals surface area contributed by atoms with E-state index in [1.54, 1.807) is 32.9 Å². The highest BCUT2D eigenvalue weighted by molar-refractivity contribution is 6.31. The first-order valence-corrected chi connectivity index (χ1v) is 10.0. The molecule has 0 aliphatic heterocycles. The van der Waals surface area contributed by atoms with Crippen molar-refractivity contribution in [1.29, 1.82) is 0 Å². The van der Waals surface area contributed by atoms with Crippen LogP contribution >= 0.6 is 11.6 Å². The number of hydrazine groups is 1. The van der Waals surface area contributed by atoms with Crippen LogP contribution in [-0.4, -0.2) is 36.8 Å². The van der Waals surface area contributed by atoms with Gasteiger partial charge < -0.3 is 5.32 Å². The number of nitrogens with two attached hydrogens (primary N) is 1. The number of aromatic nitrogens is 5. The number of carbonyl (C=O) groups is 2. The van der Waals surface area contributed by atoms with Gasteiger partial charge in [-0.2, -0.15) is 15.4 Å². The van der Waals surface area contributed by atoms with Crippen LogP contribution in [-0.2, 0) is 22.7 Å². The summed E-state index contributed by atoms with van der Waals surface area (Å²) >= 11 is 6.11. The molecule has 0 fully saturated rings. The van der Waals surface area contributed by atoms with Crippen molar-refractivity contribution >= 4 is 29.1 Å². The van der Waals surface area contributed by atoms with E-state index < -0.39 is 11.0 Å². The lowest BCUT2D eigenvalue weighted by molar-refractivity contribution is -0.126. The number of aromatic amines is 1. The van der Waals surface area contributed by atoms with E-state index in [2.05, 4.69) is 25.7 Å². The number of anilines is 1. The average molecular weight is 459 g/mol. The molecule has 0 saturated carbocycles. The minimum Gasteiger partial charge on any atom is -0.349 e. The van der Waals surface area contributed by atoms with Crippen LogP contribution < -0.4 is 21.7 Å². The van der Waals surface area contributed by atoms with Crippen molar-refractivity contribution in [2.45, 2.75) is 33.9 Å². The van der Waals surface area contributed by atoms with Gasteiger partial charge in [-0.3, -0.25) is 19.0 Å². The van der Waals surface area contributed by atoms with Gasteiger partial charge in [-0.05, 0) is 18.2 Å². The predicted octanol–water partition coefficient (Wildman–Crippen LogP) is 1.25. The Kier molecular flexibility index (Phi) is 6.70. The molecule has 4 N–H and O–H groups in total. The van der Waals surface area contributed by atoms with Crippen LogP contribution in [0, 0.1) is 5.41 Å². The van der Waals surface area contributed by atoms with Crippen molar-refractivity contribution in [3.05, 3.63) is 57.9 Å². The molecule has 1 aromatic carbocycles. The summed E-state index contributed by atoms with van der Waals surface area (Å²) in [6, 6.07) is 6.04. The zero-order chi connectivity index (χ0) is 23.5. The minimum absolute atomic E-state index is 0.178. The lowest BCUT2D eigenvalue weighted by Crippen LogP contribution is -2.44. The molecule has 2 amide bonds. The summed E-state index contributed by atoms with van der Waals surface area (Å²) in [5.41, 5.74) is 0.438. The average Bonchev–Trinajstić information content (AvgIpc) is 3.25. The number of halogens is 1. The van der Waals surface area contributed by atoms with Crippen LogP contribution in [0.1, 0.15) is 26.5 Å². The number of nitrogens with one attached hydrogen (secondary N) is 2. The number of amides is 2. The molecule has 2 aromatic heterocycles. The Hall–Kier alpha value is -3.57. The van der Waals surface area contributed by atoms with Crippen LogP contribution in [0.4, 0.5) is 5.69 Å². The Morgan fingerprint density at radius 1 is 1.28 bits per heavy atom. The van der Waals surface area contributed by atoms with Crippen molar-refractivity contribution in [3.8, 4) is 11.3 Å². The first-order chi connectivity index (χ1) is 15.1. The first kappa shape index (κ1) is 23.1. The van der Waals surface area contributed by atoms with E-state index in [1.807, 2.05) is 0 Å². The fourth-order valence-corrected chi connectivity index (χ4v) is 2.96. The zero-order valence-electron chi connectivity index (χ0n) is 17.8. The molecule has 0 radical (unpaired) electrons. The molecule has 0 aliphatic rings. The van der Waals surface area contributed by atoms with Crippen LogP contribution in [0.15, 0.2) is 41.6 Å². The number of hydrogen-bond donors (Lipinski definition) is 3. The highest BCUT2D eigenvalue weighted by Crippen LogP contribution is 2.32. The van der Waals surface area contributed by atoms with Crippen molar-refractivity contribution < 1.29 is 9.59 Å². The predicted molar refractivity (Wildman–Crippen MR) is 118 cm³/mol. The maximum absolute atomic E-state index is 12.7. The maximum Gasteiger partial charge on any atom is 0.254 e. The minimum atomic E-state index is -0.732. The summed E-state index contributed by atoms with van der Waals surface area (Å²) in [6.07, 6.45) is 2.75. The molecule has 0 saturated heterocycles. The molecular formula is C20H23ClN8O3. The third-order valence-electron chi connectivity index (χ3n) is 4.48. The van der Waals surface area contributed by atoms with Gasteiger partial charge in [-0.25, -0.2) is 15.8 Å². The van der Waals surface area contributed by atoms with E-state index >= 15 is 0 Å². The number of hydrogen-bond acceptors (Lipinski definition) is 7. The third kappa shape index (κ3) is 5.37. The lowest BCUT2D eigenvalue weighted by atomic mass is 9.94. The second-order valence-electron chi connectivity index (χ2n) is 8.06. The molecular weight excluding hydrogens is 436 g/mol. The number of rotatable bonds is 6. The van der Waals surface area contributed by atoms with Gasteiger partial charge in [-0.1, -0.05) is 32.4 Å². The summed E-state index contributed by atoms with van der Waals surface area (Å²) in [4.78, 5) is 41.7. The molecule has 3 rings (SSSR count). The number of H-pyrrole nitrogens is 1. The molecule has 2 heterocycles. The molecule has 32 heavy (non-hydrogen) atoms. The highest BCUT2D eigenvalue weighted by Gasteiger charge is 2.28. The second-order valence-corrected chi connectivity index (χ2v) is 8.50. The van der Waals surface area contributed by atoms with Crippen LogP contribution in [0.3, 0.4) is 0 Å². The van der Waals surface area contributed by atoms with Crippen molar-refractivity contribution in [2.24, 2.45) is 11.3 Å². The second kappa shape index (κ2) is 9.28. The van der Waals surface area contributed by atoms with Crippen molar-refractivity contribution in [2.75, 3.05) is 5.01 Å². The third-order valence-corrected chi connectivity index (χ3v) is 4.72. The standard InChI is InChI=1S/C20H23ClN8O3/c1-20(2,3)19(32)29(22)16-6-12(21)4-5-14(16)15-7-18(31)28(11-24-15)10-17(30)23-8-13-9-25-27-26-13/h4-7,9,11H,8,10,22H2,1-3H3,(H,23,30)(H,25,26,27). The van der Waals surface area contributed by atoms with Crippen molar-refractivity contribution in [3.63, 3.8) is 0 Å². The Balaban J connectivity index is 1.83. The fourth-order valence-electron chi connectivity index (χ4n) is 2.79. The van der Waals surface area contributed by atoms with E-state index in [0.717, 1.165) is 9.58 Å². The molecule has 12 heteroatoms. The molecule has 0 unspecified atom stereocenters. The van der Waals surface area contributed by atoms with E-state index in [4.69, 9.17) is 17.4 Å². The van der Waals surface area contributed by atoms with Gasteiger partial charge in [0.1, 0.15) is 12.2 Å². The fraction of sp³-hybridized carbons (Fsp3) is 0.300. The zero-order valence-corrected chi connectivity index (χ0v) is 18.6. The monoisotopic (exact) mass is 458 g/mol. The van der Waals surface area contributed by atoms with E-state index in [0.29, 0.717) is 22.0 Å². The number of benzene rings is 1. The van der Waals surface area contributed by atoms with Gasteiger partial charge >= 0.3 is 0 Å². The van der Waals surface area contributed by atoms with Crippen LogP contribution in [0.5, 0.6) is 0 Å². The van der Waals surface area contributed by atoms with E-state index in [-0.39, 0.29) is 30.6 Å². The molecule has 0 bridgehead atoms. The number of nitrogens with zero attached hydrogens (tertiary/aromatic N) is 5. The normalized spacial score (nSPS) is 11.3. The van der Waals surface area contributed by atoms with Gasteiger partial charge in [0, 0.05) is 22.1 Å². The van der Waals surface area contributed by atoms with Gasteiger partial charge in [0.15, 0.2) is 0 Å². The SMILES string of the molecule is CC(C)(C)C(=O)N(N)c1cc(Cl)ccc1-c1cc(=O)n(CC(=O)NCc2cn[nH]n2)cn1.